The number of imide groups is 1. The van der Waals surface area contributed by atoms with Crippen molar-refractivity contribution in [1.82, 2.24) is 4.90 Å². The van der Waals surface area contributed by atoms with Crippen molar-refractivity contribution >= 4 is 34.4 Å². The Hall–Kier alpha value is -3.78. The van der Waals surface area contributed by atoms with Crippen molar-refractivity contribution in [2.45, 2.75) is 0 Å². The van der Waals surface area contributed by atoms with E-state index in [4.69, 9.17) is 14.2 Å². The van der Waals surface area contributed by atoms with E-state index in [0.29, 0.717) is 22.8 Å². The normalized spacial score (nSPS) is 13.5. The third-order valence-electron chi connectivity index (χ3n) is 4.94. The fourth-order valence-electron chi connectivity index (χ4n) is 3.29. The van der Waals surface area contributed by atoms with Gasteiger partial charge in [-0.15, -0.1) is 11.3 Å². The lowest BCUT2D eigenvalue weighted by Crippen LogP contribution is -2.35. The Labute approximate surface area is 189 Å². The monoisotopic (exact) mass is 450 g/mol. The molecule has 164 valence electrons. The number of rotatable bonds is 9. The van der Waals surface area contributed by atoms with Crippen molar-refractivity contribution in [2.24, 2.45) is 0 Å². The molecule has 0 aliphatic carbocycles. The van der Waals surface area contributed by atoms with E-state index in [9.17, 15) is 9.59 Å². The summed E-state index contributed by atoms with van der Waals surface area (Å²) in [5.74, 6) is 1.34. The van der Waals surface area contributed by atoms with Gasteiger partial charge in [-0.1, -0.05) is 6.07 Å². The maximum atomic E-state index is 13.2. The minimum absolute atomic E-state index is 0.131. The van der Waals surface area contributed by atoms with Gasteiger partial charge < -0.3 is 19.5 Å². The zero-order chi connectivity index (χ0) is 22.5. The second kappa shape index (κ2) is 9.57. The molecule has 7 nitrogen and oxygen atoms in total. The Balaban J connectivity index is 1.50. The van der Waals surface area contributed by atoms with E-state index in [0.717, 1.165) is 10.6 Å². The highest BCUT2D eigenvalue weighted by molar-refractivity contribution is 7.11. The van der Waals surface area contributed by atoms with Gasteiger partial charge in [-0.05, 0) is 60.0 Å². The molecule has 0 saturated heterocycles. The number of nitrogens with zero attached hydrogens (tertiary/aromatic N) is 1. The van der Waals surface area contributed by atoms with E-state index in [1.807, 2.05) is 17.5 Å². The molecule has 2 heterocycles. The maximum Gasteiger partial charge on any atom is 0.278 e. The Bertz CT molecular complexity index is 1120. The highest BCUT2D eigenvalue weighted by atomic mass is 32.1. The molecule has 32 heavy (non-hydrogen) atoms. The second-order valence-electron chi connectivity index (χ2n) is 6.87. The van der Waals surface area contributed by atoms with Crippen LogP contribution in [0, 0.1) is 0 Å². The van der Waals surface area contributed by atoms with Gasteiger partial charge in [0.15, 0.2) is 0 Å². The predicted molar refractivity (Wildman–Crippen MR) is 123 cm³/mol. The fourth-order valence-corrected chi connectivity index (χ4v) is 4.06. The van der Waals surface area contributed by atoms with Crippen LogP contribution in [0.3, 0.4) is 0 Å². The number of hydrogen-bond donors (Lipinski definition) is 1. The largest absolute Gasteiger partial charge is 0.497 e. The highest BCUT2D eigenvalue weighted by Crippen LogP contribution is 2.33. The number of amides is 2. The van der Waals surface area contributed by atoms with Gasteiger partial charge in [-0.3, -0.25) is 14.5 Å². The summed E-state index contributed by atoms with van der Waals surface area (Å²) in [6.07, 6.45) is 0. The third-order valence-corrected chi connectivity index (χ3v) is 5.83. The summed E-state index contributed by atoms with van der Waals surface area (Å²) in [6.45, 7) is 0.309. The van der Waals surface area contributed by atoms with Crippen LogP contribution < -0.4 is 19.5 Å². The summed E-state index contributed by atoms with van der Waals surface area (Å²) in [4.78, 5) is 28.3. The van der Waals surface area contributed by atoms with Crippen LogP contribution in [0.4, 0.5) is 5.69 Å². The van der Waals surface area contributed by atoms with Crippen molar-refractivity contribution < 1.29 is 23.8 Å². The summed E-state index contributed by atoms with van der Waals surface area (Å²) >= 11 is 1.41. The number of carbonyl (C=O) groups excluding carboxylic acids is 2. The van der Waals surface area contributed by atoms with E-state index in [-0.39, 0.29) is 30.7 Å². The average Bonchev–Trinajstić information content (AvgIpc) is 3.43. The van der Waals surface area contributed by atoms with Crippen LogP contribution in [0.5, 0.6) is 17.2 Å². The highest BCUT2D eigenvalue weighted by Gasteiger charge is 2.39. The first-order valence-corrected chi connectivity index (χ1v) is 10.8. The van der Waals surface area contributed by atoms with E-state index >= 15 is 0 Å². The quantitative estimate of drug-likeness (QED) is 0.496. The molecule has 0 bridgehead atoms. The number of nitrogens with one attached hydrogen (secondary N) is 1. The van der Waals surface area contributed by atoms with Gasteiger partial charge in [-0.25, -0.2) is 0 Å². The van der Waals surface area contributed by atoms with Crippen LogP contribution in [0.25, 0.3) is 5.57 Å². The molecule has 0 fully saturated rings. The fraction of sp³-hybridized carbons (Fsp3) is 0.167. The first kappa shape index (κ1) is 21.5. The van der Waals surface area contributed by atoms with Gasteiger partial charge in [-0.2, -0.15) is 0 Å². The average molecular weight is 451 g/mol. The molecule has 0 saturated carbocycles. The summed E-state index contributed by atoms with van der Waals surface area (Å²) in [5, 5.41) is 5.00. The Morgan fingerprint density at radius 2 is 1.47 bits per heavy atom. The van der Waals surface area contributed by atoms with Crippen molar-refractivity contribution in [3.05, 3.63) is 76.6 Å². The summed E-state index contributed by atoms with van der Waals surface area (Å²) in [6, 6.07) is 18.0. The number of benzene rings is 2. The Kier molecular flexibility index (Phi) is 6.42. The molecule has 4 rings (SSSR count). The van der Waals surface area contributed by atoms with E-state index in [2.05, 4.69) is 5.32 Å². The minimum atomic E-state index is -0.382. The lowest BCUT2D eigenvalue weighted by molar-refractivity contribution is -0.137. The first-order chi connectivity index (χ1) is 15.6. The van der Waals surface area contributed by atoms with Crippen molar-refractivity contribution in [3.63, 3.8) is 0 Å². The van der Waals surface area contributed by atoms with Crippen molar-refractivity contribution in [1.29, 1.82) is 0 Å². The second-order valence-corrected chi connectivity index (χ2v) is 7.81. The van der Waals surface area contributed by atoms with E-state index in [1.54, 1.807) is 62.8 Å². The summed E-state index contributed by atoms with van der Waals surface area (Å²) < 4.78 is 16.0. The predicted octanol–water partition coefficient (Wildman–Crippen LogP) is 4.04. The molecule has 3 aromatic rings. The van der Waals surface area contributed by atoms with Crippen LogP contribution in [0.2, 0.25) is 0 Å². The smallest absolute Gasteiger partial charge is 0.278 e. The van der Waals surface area contributed by atoms with Gasteiger partial charge in [0.2, 0.25) is 0 Å². The molecule has 1 N–H and O–H groups in total. The van der Waals surface area contributed by atoms with Crippen LogP contribution in [-0.4, -0.2) is 44.1 Å². The van der Waals surface area contributed by atoms with Crippen molar-refractivity contribution in [2.75, 3.05) is 32.7 Å². The molecule has 0 unspecified atom stereocenters. The van der Waals surface area contributed by atoms with Crippen LogP contribution in [0.1, 0.15) is 4.88 Å². The summed E-state index contributed by atoms with van der Waals surface area (Å²) in [7, 11) is 3.18. The van der Waals surface area contributed by atoms with Crippen LogP contribution in [-0.2, 0) is 9.59 Å². The molecule has 1 aliphatic rings. The molecule has 0 spiro atoms. The molecule has 2 aromatic carbocycles. The number of ether oxygens (including phenoxy) is 3. The van der Waals surface area contributed by atoms with E-state index < -0.39 is 0 Å². The summed E-state index contributed by atoms with van der Waals surface area (Å²) in [5.41, 5.74) is 1.31. The molecule has 1 aromatic heterocycles. The van der Waals surface area contributed by atoms with Gasteiger partial charge >= 0.3 is 0 Å². The number of thiophene rings is 1. The molecular weight excluding hydrogens is 428 g/mol. The Morgan fingerprint density at radius 1 is 0.844 bits per heavy atom. The molecule has 2 amide bonds. The van der Waals surface area contributed by atoms with Gasteiger partial charge in [0.25, 0.3) is 11.8 Å². The molecule has 8 heteroatoms. The first-order valence-electron chi connectivity index (χ1n) is 9.93. The topological polar surface area (TPSA) is 77.1 Å². The van der Waals surface area contributed by atoms with Gasteiger partial charge in [0.05, 0.1) is 26.3 Å². The zero-order valence-corrected chi connectivity index (χ0v) is 18.5. The number of methoxy groups -OCH3 is 2. The number of carbonyl (C=O) groups is 2. The zero-order valence-electron chi connectivity index (χ0n) is 17.7. The van der Waals surface area contributed by atoms with Gasteiger partial charge in [0, 0.05) is 10.6 Å². The molecule has 0 radical (unpaired) electrons. The molecule has 0 atom stereocenters. The maximum absolute atomic E-state index is 13.2. The lowest BCUT2D eigenvalue weighted by Gasteiger charge is -2.16. The minimum Gasteiger partial charge on any atom is -0.497 e. The number of anilines is 1. The van der Waals surface area contributed by atoms with Crippen LogP contribution in [0.15, 0.2) is 71.7 Å². The van der Waals surface area contributed by atoms with Gasteiger partial charge in [0.1, 0.15) is 29.6 Å². The van der Waals surface area contributed by atoms with E-state index in [1.165, 1.54) is 16.2 Å². The standard InChI is InChI=1S/C24H22N2O5S/c1-29-17-7-5-16(6-8-17)25-22-21(20-4-3-15-32-20)23(27)26(24(22)28)13-14-31-19-11-9-18(30-2)10-12-19/h3-12,15,25H,13-14H2,1-2H3. The lowest BCUT2D eigenvalue weighted by atomic mass is 10.2. The Morgan fingerprint density at radius 3 is 2.06 bits per heavy atom. The molecular formula is C24H22N2O5S. The number of hydrogen-bond acceptors (Lipinski definition) is 7. The van der Waals surface area contributed by atoms with Crippen molar-refractivity contribution in [3.8, 4) is 17.2 Å². The molecule has 1 aliphatic heterocycles. The third kappa shape index (κ3) is 4.45. The van der Waals surface area contributed by atoms with Crippen LogP contribution >= 0.6 is 11.3 Å². The SMILES string of the molecule is COc1ccc(NC2=C(c3cccs3)C(=O)N(CCOc3ccc(OC)cc3)C2=O)cc1.